The van der Waals surface area contributed by atoms with Gasteiger partial charge in [-0.1, -0.05) is 0 Å². The van der Waals surface area contributed by atoms with E-state index in [1.807, 2.05) is 0 Å². The molecule has 108 valence electrons. The number of rotatable bonds is 5. The molecule has 0 aliphatic heterocycles. The van der Waals surface area contributed by atoms with Gasteiger partial charge in [-0.15, -0.1) is 0 Å². The first-order valence-corrected chi connectivity index (χ1v) is 6.00. The van der Waals surface area contributed by atoms with Crippen molar-refractivity contribution in [1.29, 1.82) is 0 Å². The molecule has 0 saturated carbocycles. The highest BCUT2D eigenvalue weighted by molar-refractivity contribution is 6.04. The Bertz CT molecular complexity index is 647. The average Bonchev–Trinajstić information content (AvgIpc) is 3.00. The number of hydrogen-bond acceptors (Lipinski definition) is 4. The highest BCUT2D eigenvalue weighted by Crippen LogP contribution is 2.11. The molecule has 0 unspecified atom stereocenters. The lowest BCUT2D eigenvalue weighted by molar-refractivity contribution is -0.135. The van der Waals surface area contributed by atoms with E-state index < -0.39 is 18.4 Å². The third-order valence-corrected chi connectivity index (χ3v) is 2.59. The van der Waals surface area contributed by atoms with Crippen LogP contribution in [0.4, 0.5) is 5.69 Å². The van der Waals surface area contributed by atoms with Gasteiger partial charge in [0.25, 0.3) is 11.8 Å². The van der Waals surface area contributed by atoms with Gasteiger partial charge >= 0.3 is 5.97 Å². The van der Waals surface area contributed by atoms with Crippen LogP contribution in [0, 0.1) is 0 Å². The second-order valence-corrected chi connectivity index (χ2v) is 4.12. The predicted molar refractivity (Wildman–Crippen MR) is 73.1 cm³/mol. The molecule has 3 N–H and O–H groups in total. The summed E-state index contributed by atoms with van der Waals surface area (Å²) in [5.74, 6) is -1.94. The average molecular weight is 288 g/mol. The van der Waals surface area contributed by atoms with Crippen molar-refractivity contribution in [3.8, 4) is 0 Å². The lowest BCUT2D eigenvalue weighted by Crippen LogP contribution is -2.29. The Balaban J connectivity index is 1.97. The van der Waals surface area contributed by atoms with Crippen molar-refractivity contribution in [2.24, 2.45) is 0 Å². The third kappa shape index (κ3) is 3.93. The summed E-state index contributed by atoms with van der Waals surface area (Å²) in [7, 11) is 0. The molecule has 2 aromatic rings. The molecule has 2 amide bonds. The fourth-order valence-electron chi connectivity index (χ4n) is 1.56. The smallest absolute Gasteiger partial charge is 0.322 e. The van der Waals surface area contributed by atoms with Crippen molar-refractivity contribution in [3.05, 3.63) is 54.0 Å². The zero-order valence-corrected chi connectivity index (χ0v) is 10.8. The van der Waals surface area contributed by atoms with Crippen LogP contribution in [0.2, 0.25) is 0 Å². The van der Waals surface area contributed by atoms with Crippen molar-refractivity contribution < 1.29 is 23.9 Å². The standard InChI is InChI=1S/C14H12N2O5/c17-12(18)7-15-13(19)9-1-3-11(4-2-9)16-14(20)10-5-6-21-8-10/h1-6,8H,7H2,(H,15,19)(H,16,20)(H,17,18). The monoisotopic (exact) mass is 288 g/mol. The minimum atomic E-state index is -1.12. The molecule has 2 rings (SSSR count). The maximum atomic E-state index is 11.8. The van der Waals surface area contributed by atoms with Crippen LogP contribution in [0.25, 0.3) is 0 Å². The van der Waals surface area contributed by atoms with Gasteiger partial charge in [-0.05, 0) is 30.3 Å². The van der Waals surface area contributed by atoms with E-state index in [2.05, 4.69) is 10.6 Å². The van der Waals surface area contributed by atoms with Gasteiger partial charge < -0.3 is 20.2 Å². The Hall–Kier alpha value is -3.09. The van der Waals surface area contributed by atoms with Gasteiger partial charge in [-0.3, -0.25) is 14.4 Å². The Morgan fingerprint density at radius 3 is 2.29 bits per heavy atom. The van der Waals surface area contributed by atoms with Crippen LogP contribution in [0.15, 0.2) is 47.3 Å². The molecule has 7 nitrogen and oxygen atoms in total. The maximum Gasteiger partial charge on any atom is 0.322 e. The predicted octanol–water partition coefficient (Wildman–Crippen LogP) is 1.35. The van der Waals surface area contributed by atoms with Crippen LogP contribution in [0.1, 0.15) is 20.7 Å². The number of carbonyl (C=O) groups is 3. The second-order valence-electron chi connectivity index (χ2n) is 4.12. The molecule has 0 radical (unpaired) electrons. The number of furan rings is 1. The number of amides is 2. The molecule has 7 heteroatoms. The second kappa shape index (κ2) is 6.38. The molecule has 0 fully saturated rings. The SMILES string of the molecule is O=C(O)CNC(=O)c1ccc(NC(=O)c2ccoc2)cc1. The molecule has 0 bridgehead atoms. The van der Waals surface area contributed by atoms with E-state index in [9.17, 15) is 14.4 Å². The van der Waals surface area contributed by atoms with Gasteiger partial charge in [0.05, 0.1) is 11.8 Å². The summed E-state index contributed by atoms with van der Waals surface area (Å²) >= 11 is 0. The van der Waals surface area contributed by atoms with Gasteiger partial charge in [0.2, 0.25) is 0 Å². The van der Waals surface area contributed by atoms with Crippen molar-refractivity contribution in [2.75, 3.05) is 11.9 Å². The minimum absolute atomic E-state index is 0.303. The molecule has 0 aliphatic rings. The summed E-state index contributed by atoms with van der Waals surface area (Å²) in [5, 5.41) is 13.4. The van der Waals surface area contributed by atoms with Gasteiger partial charge in [0.1, 0.15) is 12.8 Å². The van der Waals surface area contributed by atoms with E-state index >= 15 is 0 Å². The Labute approximate surface area is 119 Å². The van der Waals surface area contributed by atoms with Crippen LogP contribution in [0.5, 0.6) is 0 Å². The van der Waals surface area contributed by atoms with E-state index in [0.717, 1.165) is 0 Å². The molecule has 1 aromatic heterocycles. The lowest BCUT2D eigenvalue weighted by atomic mass is 10.2. The minimum Gasteiger partial charge on any atom is -0.480 e. The van der Waals surface area contributed by atoms with Crippen molar-refractivity contribution >= 4 is 23.5 Å². The Morgan fingerprint density at radius 1 is 1.00 bits per heavy atom. The molecule has 0 atom stereocenters. The van der Waals surface area contributed by atoms with Crippen LogP contribution >= 0.6 is 0 Å². The summed E-state index contributed by atoms with van der Waals surface area (Å²) in [5.41, 5.74) is 1.20. The van der Waals surface area contributed by atoms with Crippen molar-refractivity contribution in [2.45, 2.75) is 0 Å². The fourth-order valence-corrected chi connectivity index (χ4v) is 1.56. The Kier molecular flexibility index (Phi) is 4.35. The summed E-state index contributed by atoms with van der Waals surface area (Å²) in [6.07, 6.45) is 2.72. The maximum absolute atomic E-state index is 11.8. The number of anilines is 1. The van der Waals surface area contributed by atoms with E-state index in [4.69, 9.17) is 9.52 Å². The quantitative estimate of drug-likeness (QED) is 0.769. The fraction of sp³-hybridized carbons (Fsp3) is 0.0714. The number of aliphatic carboxylic acids is 1. The number of carboxylic acid groups (broad SMARTS) is 1. The normalized spacial score (nSPS) is 9.90. The molecule has 0 saturated heterocycles. The van der Waals surface area contributed by atoms with Gasteiger partial charge in [-0.2, -0.15) is 0 Å². The topological polar surface area (TPSA) is 109 Å². The Morgan fingerprint density at radius 2 is 1.71 bits per heavy atom. The molecule has 21 heavy (non-hydrogen) atoms. The number of carboxylic acids is 1. The van der Waals surface area contributed by atoms with E-state index in [1.165, 1.54) is 30.7 Å². The molecular weight excluding hydrogens is 276 g/mol. The first-order valence-electron chi connectivity index (χ1n) is 6.00. The lowest BCUT2D eigenvalue weighted by Gasteiger charge is -2.05. The summed E-state index contributed by atoms with van der Waals surface area (Å²) in [6, 6.07) is 7.61. The van der Waals surface area contributed by atoms with E-state index in [-0.39, 0.29) is 5.91 Å². The first-order chi connectivity index (χ1) is 10.1. The van der Waals surface area contributed by atoms with Crippen LogP contribution in [0.3, 0.4) is 0 Å². The molecule has 0 aliphatic carbocycles. The van der Waals surface area contributed by atoms with Crippen LogP contribution in [-0.4, -0.2) is 29.4 Å². The highest BCUT2D eigenvalue weighted by atomic mass is 16.4. The first kappa shape index (κ1) is 14.3. The molecular formula is C14H12N2O5. The summed E-state index contributed by atoms with van der Waals surface area (Å²) < 4.78 is 4.81. The summed E-state index contributed by atoms with van der Waals surface area (Å²) in [6.45, 7) is -0.447. The van der Waals surface area contributed by atoms with Crippen molar-refractivity contribution in [3.63, 3.8) is 0 Å². The van der Waals surface area contributed by atoms with Crippen molar-refractivity contribution in [1.82, 2.24) is 5.32 Å². The number of hydrogen-bond donors (Lipinski definition) is 3. The number of benzene rings is 1. The summed E-state index contributed by atoms with van der Waals surface area (Å²) in [4.78, 5) is 33.7. The number of nitrogens with one attached hydrogen (secondary N) is 2. The van der Waals surface area contributed by atoms with Crippen LogP contribution < -0.4 is 10.6 Å². The van der Waals surface area contributed by atoms with E-state index in [1.54, 1.807) is 12.1 Å². The zero-order valence-electron chi connectivity index (χ0n) is 10.8. The molecule has 1 heterocycles. The number of carbonyl (C=O) groups excluding carboxylic acids is 2. The van der Waals surface area contributed by atoms with Crippen LogP contribution in [-0.2, 0) is 4.79 Å². The van der Waals surface area contributed by atoms with Gasteiger partial charge in [-0.25, -0.2) is 0 Å². The van der Waals surface area contributed by atoms with Gasteiger partial charge in [0.15, 0.2) is 0 Å². The molecule has 0 spiro atoms. The third-order valence-electron chi connectivity index (χ3n) is 2.59. The zero-order chi connectivity index (χ0) is 15.2. The molecule has 1 aromatic carbocycles. The van der Waals surface area contributed by atoms with Gasteiger partial charge in [0, 0.05) is 11.3 Å². The largest absolute Gasteiger partial charge is 0.480 e. The van der Waals surface area contributed by atoms with E-state index in [0.29, 0.717) is 16.8 Å². The highest BCUT2D eigenvalue weighted by Gasteiger charge is 2.09.